The number of hydrogen-bond donors (Lipinski definition) is 1. The van der Waals surface area contributed by atoms with Crippen molar-refractivity contribution in [3.8, 4) is 0 Å². The lowest BCUT2D eigenvalue weighted by Gasteiger charge is -2.04. The van der Waals surface area contributed by atoms with E-state index >= 15 is 0 Å². The molecule has 1 aromatic heterocycles. The first-order valence-corrected chi connectivity index (χ1v) is 4.12. The first-order valence-electron chi connectivity index (χ1n) is 3.74. The molecule has 0 aliphatic heterocycles. The molecule has 0 aliphatic rings. The van der Waals surface area contributed by atoms with Gasteiger partial charge in [-0.1, -0.05) is 0 Å². The smallest absolute Gasteiger partial charge is 0.295 e. The summed E-state index contributed by atoms with van der Waals surface area (Å²) in [5.74, 6) is 0. The van der Waals surface area contributed by atoms with Gasteiger partial charge in [0.1, 0.15) is 11.1 Å². The first-order chi connectivity index (χ1) is 7.36. The lowest BCUT2D eigenvalue weighted by atomic mass is 10.1. The molecule has 6 nitrogen and oxygen atoms in total. The highest BCUT2D eigenvalue weighted by Gasteiger charge is 2.30. The number of aromatic amines is 1. The molecular weight excluding hydrogens is 250 g/mol. The van der Waals surface area contributed by atoms with Crippen LogP contribution in [0.15, 0.2) is 11.0 Å². The number of alkyl halides is 2. The van der Waals surface area contributed by atoms with Crippen LogP contribution in [0.2, 0.25) is 0 Å². The van der Waals surface area contributed by atoms with E-state index in [1.54, 1.807) is 4.98 Å². The van der Waals surface area contributed by atoms with E-state index in [0.29, 0.717) is 6.20 Å². The van der Waals surface area contributed by atoms with Gasteiger partial charge in [-0.25, -0.2) is 8.78 Å². The van der Waals surface area contributed by atoms with E-state index in [9.17, 15) is 28.5 Å². The molecule has 1 aromatic rings. The number of nitrogens with zero attached hydrogens (tertiary/aromatic N) is 1. The Hall–Kier alpha value is -1.83. The summed E-state index contributed by atoms with van der Waals surface area (Å²) >= 11 is 4.92. The van der Waals surface area contributed by atoms with Crippen LogP contribution in [0.3, 0.4) is 0 Å². The first kappa shape index (κ1) is 12.2. The maximum absolute atomic E-state index is 12.5. The van der Waals surface area contributed by atoms with Crippen LogP contribution >= 0.6 is 11.6 Å². The molecule has 0 aliphatic carbocycles. The van der Waals surface area contributed by atoms with E-state index in [4.69, 9.17) is 11.6 Å². The number of nitro groups is 1. The van der Waals surface area contributed by atoms with Crippen LogP contribution in [0, 0.1) is 10.1 Å². The molecular formula is C7H3ClF2N2O4. The van der Waals surface area contributed by atoms with Gasteiger partial charge in [-0.3, -0.25) is 19.7 Å². The number of halogens is 3. The Bertz CT molecular complexity index is 514. The van der Waals surface area contributed by atoms with Crippen molar-refractivity contribution in [2.45, 2.75) is 6.43 Å². The summed E-state index contributed by atoms with van der Waals surface area (Å²) in [6, 6.07) is 0. The van der Waals surface area contributed by atoms with Crippen LogP contribution < -0.4 is 5.56 Å². The Morgan fingerprint density at radius 3 is 2.50 bits per heavy atom. The lowest BCUT2D eigenvalue weighted by molar-refractivity contribution is -0.386. The third-order valence-corrected chi connectivity index (χ3v) is 1.91. The van der Waals surface area contributed by atoms with Crippen LogP contribution in [-0.2, 0) is 0 Å². The molecule has 0 radical (unpaired) electrons. The van der Waals surface area contributed by atoms with Crippen molar-refractivity contribution < 1.29 is 18.5 Å². The zero-order valence-corrected chi connectivity index (χ0v) is 8.12. The van der Waals surface area contributed by atoms with E-state index in [2.05, 4.69) is 0 Å². The lowest BCUT2D eigenvalue weighted by Crippen LogP contribution is -2.19. The Balaban J connectivity index is 3.70. The van der Waals surface area contributed by atoms with Gasteiger partial charge >= 0.3 is 0 Å². The molecule has 0 bridgehead atoms. The number of carbonyl (C=O) groups is 1. The minimum Gasteiger partial charge on any atom is -0.322 e. The van der Waals surface area contributed by atoms with Gasteiger partial charge in [-0.15, -0.1) is 0 Å². The second-order valence-electron chi connectivity index (χ2n) is 2.62. The summed E-state index contributed by atoms with van der Waals surface area (Å²) in [6.45, 7) is 0. The Kier molecular flexibility index (Phi) is 3.33. The molecule has 1 N–H and O–H groups in total. The summed E-state index contributed by atoms with van der Waals surface area (Å²) in [5.41, 5.74) is -4.63. The fraction of sp³-hybridized carbons (Fsp3) is 0.143. The molecule has 1 heterocycles. The molecule has 0 amide bonds. The Labute approximate surface area is 91.0 Å². The highest BCUT2D eigenvalue weighted by atomic mass is 35.5. The number of carbonyl (C=O) groups excluding carboxylic acids is 1. The fourth-order valence-electron chi connectivity index (χ4n) is 1.10. The van der Waals surface area contributed by atoms with Gasteiger partial charge in [0.2, 0.25) is 0 Å². The third-order valence-electron chi connectivity index (χ3n) is 1.72. The van der Waals surface area contributed by atoms with Gasteiger partial charge in [-0.05, 0) is 11.6 Å². The van der Waals surface area contributed by atoms with Gasteiger partial charge in [0.25, 0.3) is 22.9 Å². The second kappa shape index (κ2) is 4.35. The van der Waals surface area contributed by atoms with Crippen LogP contribution in [-0.4, -0.2) is 15.1 Å². The number of hydrogen-bond acceptors (Lipinski definition) is 4. The minimum absolute atomic E-state index is 0.493. The molecule has 0 saturated heterocycles. The number of nitrogens with one attached hydrogen (secondary N) is 1. The Morgan fingerprint density at radius 2 is 2.12 bits per heavy atom. The number of aromatic nitrogens is 1. The van der Waals surface area contributed by atoms with Crippen molar-refractivity contribution in [1.29, 1.82) is 0 Å². The molecule has 9 heteroatoms. The average molecular weight is 253 g/mol. The molecule has 0 saturated carbocycles. The van der Waals surface area contributed by atoms with Gasteiger partial charge < -0.3 is 4.98 Å². The highest BCUT2D eigenvalue weighted by molar-refractivity contribution is 6.67. The third kappa shape index (κ3) is 2.06. The Morgan fingerprint density at radius 1 is 1.56 bits per heavy atom. The topological polar surface area (TPSA) is 93.1 Å². The van der Waals surface area contributed by atoms with E-state index in [-0.39, 0.29) is 0 Å². The summed E-state index contributed by atoms with van der Waals surface area (Å²) in [7, 11) is 0. The molecule has 1 rings (SSSR count). The van der Waals surface area contributed by atoms with Crippen molar-refractivity contribution in [3.63, 3.8) is 0 Å². The van der Waals surface area contributed by atoms with Crippen molar-refractivity contribution in [2.24, 2.45) is 0 Å². The predicted molar refractivity (Wildman–Crippen MR) is 48.9 cm³/mol. The molecule has 86 valence electrons. The van der Waals surface area contributed by atoms with E-state index in [1.165, 1.54) is 0 Å². The van der Waals surface area contributed by atoms with Crippen molar-refractivity contribution >= 4 is 22.5 Å². The maximum atomic E-state index is 12.5. The van der Waals surface area contributed by atoms with Crippen molar-refractivity contribution in [1.82, 2.24) is 4.98 Å². The summed E-state index contributed by atoms with van der Waals surface area (Å²) in [6.07, 6.45) is -2.85. The SMILES string of the molecule is O=C(Cl)c1c(C(F)F)c([N+](=O)[O-])c[nH]c1=O. The molecule has 0 unspecified atom stereocenters. The standard InChI is InChI=1S/C7H3ClF2N2O4/c8-5(13)4-3(6(9)10)2(12(15)16)1-11-7(4)14/h1,6H,(H,11,14). The van der Waals surface area contributed by atoms with Gasteiger partial charge in [0.15, 0.2) is 0 Å². The van der Waals surface area contributed by atoms with Crippen LogP contribution in [0.4, 0.5) is 14.5 Å². The normalized spacial score (nSPS) is 10.5. The number of H-pyrrole nitrogens is 1. The van der Waals surface area contributed by atoms with Crippen LogP contribution in [0.1, 0.15) is 22.3 Å². The monoisotopic (exact) mass is 252 g/mol. The van der Waals surface area contributed by atoms with E-state index in [0.717, 1.165) is 0 Å². The summed E-state index contributed by atoms with van der Waals surface area (Å²) in [5, 5.41) is 8.94. The van der Waals surface area contributed by atoms with Gasteiger partial charge in [0, 0.05) is 0 Å². The van der Waals surface area contributed by atoms with Crippen molar-refractivity contribution in [3.05, 3.63) is 37.8 Å². The van der Waals surface area contributed by atoms with Gasteiger partial charge in [0.05, 0.1) is 11.1 Å². The van der Waals surface area contributed by atoms with Crippen molar-refractivity contribution in [2.75, 3.05) is 0 Å². The zero-order chi connectivity index (χ0) is 12.5. The van der Waals surface area contributed by atoms with E-state index < -0.39 is 39.0 Å². The maximum Gasteiger partial charge on any atom is 0.295 e. The summed E-state index contributed by atoms with van der Waals surface area (Å²) in [4.78, 5) is 32.9. The highest BCUT2D eigenvalue weighted by Crippen LogP contribution is 2.30. The van der Waals surface area contributed by atoms with Crippen LogP contribution in [0.5, 0.6) is 0 Å². The number of pyridine rings is 1. The molecule has 16 heavy (non-hydrogen) atoms. The summed E-state index contributed by atoms with van der Waals surface area (Å²) < 4.78 is 25.0. The van der Waals surface area contributed by atoms with Crippen LogP contribution in [0.25, 0.3) is 0 Å². The molecule has 0 atom stereocenters. The largest absolute Gasteiger partial charge is 0.322 e. The number of rotatable bonds is 3. The molecule has 0 aromatic carbocycles. The second-order valence-corrected chi connectivity index (χ2v) is 2.97. The minimum atomic E-state index is -3.35. The zero-order valence-electron chi connectivity index (χ0n) is 7.37. The predicted octanol–water partition coefficient (Wildman–Crippen LogP) is 1.60. The fourth-order valence-corrected chi connectivity index (χ4v) is 1.29. The molecule has 0 spiro atoms. The molecule has 0 fully saturated rings. The van der Waals surface area contributed by atoms with E-state index in [1.807, 2.05) is 0 Å². The van der Waals surface area contributed by atoms with Gasteiger partial charge in [-0.2, -0.15) is 0 Å². The quantitative estimate of drug-likeness (QED) is 0.502. The average Bonchev–Trinajstić information content (AvgIpc) is 2.15.